The molecule has 0 amide bonds. The Balaban J connectivity index is 1.81. The fourth-order valence-corrected chi connectivity index (χ4v) is 8.75. The van der Waals surface area contributed by atoms with Crippen molar-refractivity contribution < 1.29 is 5.11 Å². The number of fused-ring (bicyclic) bond motifs is 1. The molecule has 32 heavy (non-hydrogen) atoms. The third kappa shape index (κ3) is 7.55. The van der Waals surface area contributed by atoms with Crippen molar-refractivity contribution in [1.82, 2.24) is 0 Å². The maximum absolute atomic E-state index is 11.2. The van der Waals surface area contributed by atoms with E-state index in [0.717, 1.165) is 55.4 Å². The van der Waals surface area contributed by atoms with Crippen LogP contribution in [0, 0.1) is 29.6 Å². The van der Waals surface area contributed by atoms with E-state index in [1.165, 1.54) is 44.9 Å². The SMILES string of the molecule is C=C1CCC2(S)C(CCCC(C)CCCC(C)CCCC(C)C)C(O)(S)CCC2C1(S)S. The first-order valence-electron chi connectivity index (χ1n) is 13.1. The van der Waals surface area contributed by atoms with E-state index in [1.807, 2.05) is 0 Å². The van der Waals surface area contributed by atoms with Gasteiger partial charge in [0.15, 0.2) is 0 Å². The summed E-state index contributed by atoms with van der Waals surface area (Å²) in [7, 11) is 0. The van der Waals surface area contributed by atoms with Gasteiger partial charge in [0, 0.05) is 16.6 Å². The average molecular weight is 519 g/mol. The molecular weight excluding hydrogens is 469 g/mol. The highest BCUT2D eigenvalue weighted by molar-refractivity contribution is 8.01. The molecule has 2 rings (SSSR count). The van der Waals surface area contributed by atoms with Gasteiger partial charge in [-0.15, -0.1) is 12.6 Å². The van der Waals surface area contributed by atoms with Crippen molar-refractivity contribution in [3.63, 3.8) is 0 Å². The van der Waals surface area contributed by atoms with E-state index in [2.05, 4.69) is 34.3 Å². The summed E-state index contributed by atoms with van der Waals surface area (Å²) in [6.07, 6.45) is 14.8. The molecule has 1 N–H and O–H groups in total. The molecule has 2 aliphatic carbocycles. The van der Waals surface area contributed by atoms with Gasteiger partial charge in [0.2, 0.25) is 0 Å². The Morgan fingerprint density at radius 1 is 0.875 bits per heavy atom. The molecule has 2 fully saturated rings. The summed E-state index contributed by atoms with van der Waals surface area (Å²) >= 11 is 19.8. The zero-order valence-electron chi connectivity index (χ0n) is 21.0. The molecule has 0 radical (unpaired) electrons. The van der Waals surface area contributed by atoms with Gasteiger partial charge in [0.05, 0.1) is 4.08 Å². The molecular formula is C27H50OS4. The van der Waals surface area contributed by atoms with Crippen LogP contribution in [0.25, 0.3) is 0 Å². The minimum Gasteiger partial charge on any atom is -0.379 e. The summed E-state index contributed by atoms with van der Waals surface area (Å²) in [4.78, 5) is -0.955. The molecule has 0 aromatic heterocycles. The standard InChI is InChI=1S/C27H50OS4/c1-19(2)9-6-10-20(3)11-7-12-21(4)13-8-14-23-25(29)17-15-22(5)27(31,32)24(25)16-18-26(23,28)30/h19-21,23-24,28-32H,5-18H2,1-4H3. The quantitative estimate of drug-likeness (QED) is 0.0994. The topological polar surface area (TPSA) is 20.2 Å². The van der Waals surface area contributed by atoms with E-state index in [-0.39, 0.29) is 16.6 Å². The minimum absolute atomic E-state index is 0.0559. The van der Waals surface area contributed by atoms with Crippen LogP contribution >= 0.6 is 50.5 Å². The molecule has 6 atom stereocenters. The van der Waals surface area contributed by atoms with Crippen LogP contribution in [0.3, 0.4) is 0 Å². The second-order valence-electron chi connectivity index (χ2n) is 11.7. The van der Waals surface area contributed by atoms with Crippen LogP contribution in [0.5, 0.6) is 0 Å². The largest absolute Gasteiger partial charge is 0.379 e. The summed E-state index contributed by atoms with van der Waals surface area (Å²) in [5, 5.41) is 11.2. The van der Waals surface area contributed by atoms with E-state index in [0.29, 0.717) is 6.42 Å². The van der Waals surface area contributed by atoms with Gasteiger partial charge in [-0.05, 0) is 49.9 Å². The van der Waals surface area contributed by atoms with Crippen LogP contribution in [0.4, 0.5) is 0 Å². The molecule has 2 aliphatic rings. The van der Waals surface area contributed by atoms with Crippen LogP contribution in [-0.4, -0.2) is 18.9 Å². The Bertz CT molecular complexity index is 602. The van der Waals surface area contributed by atoms with Gasteiger partial charge in [0.1, 0.15) is 4.93 Å². The van der Waals surface area contributed by atoms with Gasteiger partial charge in [0.25, 0.3) is 0 Å². The van der Waals surface area contributed by atoms with Crippen LogP contribution in [0.1, 0.15) is 111 Å². The number of hydrogen-bond donors (Lipinski definition) is 5. The Morgan fingerprint density at radius 2 is 1.41 bits per heavy atom. The van der Waals surface area contributed by atoms with Crippen molar-refractivity contribution in [2.45, 2.75) is 125 Å². The van der Waals surface area contributed by atoms with Gasteiger partial charge in [-0.3, -0.25) is 0 Å². The molecule has 0 heterocycles. The molecule has 0 aromatic carbocycles. The lowest BCUT2D eigenvalue weighted by atomic mass is 9.60. The lowest BCUT2D eigenvalue weighted by molar-refractivity contribution is -0.0202. The molecule has 0 saturated heterocycles. The second kappa shape index (κ2) is 12.4. The lowest BCUT2D eigenvalue weighted by Gasteiger charge is -2.59. The van der Waals surface area contributed by atoms with Crippen LogP contribution < -0.4 is 0 Å². The Morgan fingerprint density at radius 3 is 1.97 bits per heavy atom. The molecule has 5 heteroatoms. The molecule has 188 valence electrons. The number of hydrogen-bond acceptors (Lipinski definition) is 5. The summed E-state index contributed by atoms with van der Waals surface area (Å²) in [5.41, 5.74) is 1.09. The molecule has 2 saturated carbocycles. The van der Waals surface area contributed by atoms with Crippen LogP contribution in [-0.2, 0) is 0 Å². The molecule has 0 aliphatic heterocycles. The van der Waals surface area contributed by atoms with E-state index in [4.69, 9.17) is 50.5 Å². The normalized spacial score (nSPS) is 34.4. The fraction of sp³-hybridized carbons (Fsp3) is 0.926. The predicted molar refractivity (Wildman–Crippen MR) is 156 cm³/mol. The smallest absolute Gasteiger partial charge is 0.111 e. The molecule has 1 nitrogen and oxygen atoms in total. The zero-order valence-corrected chi connectivity index (χ0v) is 24.6. The van der Waals surface area contributed by atoms with Crippen molar-refractivity contribution in [2.75, 3.05) is 0 Å². The van der Waals surface area contributed by atoms with E-state index >= 15 is 0 Å². The van der Waals surface area contributed by atoms with Crippen molar-refractivity contribution >= 4 is 50.5 Å². The first kappa shape index (κ1) is 29.3. The summed E-state index contributed by atoms with van der Waals surface area (Å²) in [6.45, 7) is 13.7. The fourth-order valence-electron chi connectivity index (χ4n) is 6.23. The van der Waals surface area contributed by atoms with Crippen LogP contribution in [0.15, 0.2) is 12.2 Å². The van der Waals surface area contributed by atoms with Gasteiger partial charge in [-0.2, -0.15) is 37.9 Å². The zero-order chi connectivity index (χ0) is 24.2. The van der Waals surface area contributed by atoms with Crippen molar-refractivity contribution in [3.05, 3.63) is 12.2 Å². The predicted octanol–water partition coefficient (Wildman–Crippen LogP) is 8.64. The van der Waals surface area contributed by atoms with Gasteiger partial charge >= 0.3 is 0 Å². The van der Waals surface area contributed by atoms with Crippen molar-refractivity contribution in [2.24, 2.45) is 29.6 Å². The molecule has 0 bridgehead atoms. The first-order chi connectivity index (χ1) is 14.8. The summed E-state index contributed by atoms with van der Waals surface area (Å²) in [6, 6.07) is 0. The van der Waals surface area contributed by atoms with E-state index in [1.54, 1.807) is 0 Å². The highest BCUT2D eigenvalue weighted by Gasteiger charge is 2.60. The Kier molecular flexibility index (Phi) is 11.3. The Hall–Kier alpha value is 1.10. The average Bonchev–Trinajstić information content (AvgIpc) is 2.67. The maximum Gasteiger partial charge on any atom is 0.111 e. The first-order valence-corrected chi connectivity index (χ1v) is 14.9. The third-order valence-electron chi connectivity index (χ3n) is 8.46. The maximum atomic E-state index is 11.2. The molecule has 0 aromatic rings. The van der Waals surface area contributed by atoms with Gasteiger partial charge < -0.3 is 5.11 Å². The summed E-state index contributed by atoms with van der Waals surface area (Å²) in [5.74, 6) is 2.68. The number of thiol groups is 4. The van der Waals surface area contributed by atoms with E-state index in [9.17, 15) is 5.11 Å². The summed E-state index contributed by atoms with van der Waals surface area (Å²) < 4.78 is -0.796. The Labute approximate surface area is 221 Å². The van der Waals surface area contributed by atoms with Crippen LogP contribution in [0.2, 0.25) is 0 Å². The van der Waals surface area contributed by atoms with Gasteiger partial charge in [-0.25, -0.2) is 0 Å². The monoisotopic (exact) mass is 518 g/mol. The second-order valence-corrected chi connectivity index (χ2v) is 15.1. The molecule has 6 unspecified atom stereocenters. The minimum atomic E-state index is -0.955. The highest BCUT2D eigenvalue weighted by Crippen LogP contribution is 2.63. The number of aliphatic hydroxyl groups is 1. The van der Waals surface area contributed by atoms with Gasteiger partial charge in [-0.1, -0.05) is 91.2 Å². The number of rotatable bonds is 12. The third-order valence-corrected chi connectivity index (χ3v) is 11.1. The van der Waals surface area contributed by atoms with Crippen molar-refractivity contribution in [1.29, 1.82) is 0 Å². The molecule has 0 spiro atoms. The lowest BCUT2D eigenvalue weighted by Crippen LogP contribution is -2.60. The van der Waals surface area contributed by atoms with Crippen molar-refractivity contribution in [3.8, 4) is 0 Å². The highest BCUT2D eigenvalue weighted by atomic mass is 32.2. The van der Waals surface area contributed by atoms with E-state index < -0.39 is 9.01 Å².